The molecule has 2 aliphatic heterocycles. The third-order valence-corrected chi connectivity index (χ3v) is 9.86. The average Bonchev–Trinajstić information content (AvgIpc) is 3.19. The Morgan fingerprint density at radius 3 is 2.62 bits per heavy atom. The summed E-state index contributed by atoms with van der Waals surface area (Å²) in [5.74, 6) is 0.502. The molecule has 1 amide bonds. The number of carbonyl (C=O) groups excluding carboxylic acids is 1. The summed E-state index contributed by atoms with van der Waals surface area (Å²) < 4.78 is 6.95. The molecule has 4 bridgehead atoms. The van der Waals surface area contributed by atoms with Crippen LogP contribution in [-0.4, -0.2) is 53.3 Å². The van der Waals surface area contributed by atoms with E-state index in [0.29, 0.717) is 24.0 Å². The van der Waals surface area contributed by atoms with E-state index in [1.165, 1.54) is 16.7 Å². The van der Waals surface area contributed by atoms with Gasteiger partial charge >= 0.3 is 0 Å². The zero-order chi connectivity index (χ0) is 25.0. The number of phenolic OH excluding ortho intramolecular Hbond substituents is 1. The molecule has 0 aromatic heterocycles. The van der Waals surface area contributed by atoms with E-state index in [0.717, 1.165) is 45.2 Å². The molecule has 0 radical (unpaired) electrons. The van der Waals surface area contributed by atoms with Crippen molar-refractivity contribution in [3.63, 3.8) is 0 Å². The van der Waals surface area contributed by atoms with Gasteiger partial charge in [-0.2, -0.15) is 0 Å². The van der Waals surface area contributed by atoms with Crippen molar-refractivity contribution < 1.29 is 14.6 Å². The second-order valence-electron chi connectivity index (χ2n) is 11.3. The van der Waals surface area contributed by atoms with Crippen molar-refractivity contribution in [1.82, 2.24) is 10.2 Å². The number of nitrogens with zero attached hydrogens (tertiary/aromatic N) is 1. The second kappa shape index (κ2) is 8.71. The van der Waals surface area contributed by atoms with Crippen molar-refractivity contribution in [2.45, 2.75) is 55.2 Å². The van der Waals surface area contributed by atoms with Crippen molar-refractivity contribution >= 4 is 5.91 Å². The Kier molecular flexibility index (Phi) is 5.42. The van der Waals surface area contributed by atoms with Gasteiger partial charge in [0.05, 0.1) is 12.2 Å². The van der Waals surface area contributed by atoms with Gasteiger partial charge in [-0.3, -0.25) is 9.69 Å². The van der Waals surface area contributed by atoms with Crippen molar-refractivity contribution in [1.29, 1.82) is 0 Å². The minimum absolute atomic E-state index is 0.00908. The Bertz CT molecular complexity index is 1310. The molecule has 190 valence electrons. The molecule has 7 rings (SSSR count). The van der Waals surface area contributed by atoms with E-state index in [1.807, 2.05) is 42.5 Å². The number of phenols is 1. The molecule has 2 heterocycles. The second-order valence-corrected chi connectivity index (χ2v) is 11.3. The standard InChI is InChI=1S/C32H34N2O3/c35-25-12-11-24-19-29-32-15-13-28(33-30(36)23-9-5-2-6-10-23)27(21-37-32)31(32,26(24)20-25)16-18-34(29)17-14-22-7-3-1-4-8-22/h1-12,20,27-29,35H,13-19,21H2,(H,33,36). The number of rotatable bonds is 5. The van der Waals surface area contributed by atoms with Crippen molar-refractivity contribution in [2.24, 2.45) is 5.92 Å². The zero-order valence-corrected chi connectivity index (χ0v) is 21.1. The van der Waals surface area contributed by atoms with Gasteiger partial charge in [0.25, 0.3) is 5.91 Å². The Labute approximate surface area is 218 Å². The van der Waals surface area contributed by atoms with E-state index in [4.69, 9.17) is 4.74 Å². The molecule has 5 unspecified atom stereocenters. The Hall–Kier alpha value is -3.15. The molecular formula is C32H34N2O3. The van der Waals surface area contributed by atoms with Crippen LogP contribution < -0.4 is 5.32 Å². The lowest BCUT2D eigenvalue weighted by Crippen LogP contribution is -2.74. The molecule has 2 saturated heterocycles. The van der Waals surface area contributed by atoms with Crippen molar-refractivity contribution in [3.8, 4) is 5.75 Å². The number of aromatic hydroxyl groups is 1. The van der Waals surface area contributed by atoms with Gasteiger partial charge in [0, 0.05) is 35.5 Å². The molecule has 3 fully saturated rings. The van der Waals surface area contributed by atoms with Gasteiger partial charge in [-0.1, -0.05) is 54.6 Å². The van der Waals surface area contributed by atoms with Crippen LogP contribution in [0.1, 0.15) is 46.3 Å². The van der Waals surface area contributed by atoms with Crippen LogP contribution >= 0.6 is 0 Å². The van der Waals surface area contributed by atoms with Crippen LogP contribution in [0.3, 0.4) is 0 Å². The normalized spacial score (nSPS) is 31.8. The number of hydrogen-bond acceptors (Lipinski definition) is 4. The zero-order valence-electron chi connectivity index (χ0n) is 21.1. The van der Waals surface area contributed by atoms with Crippen LogP contribution in [0.25, 0.3) is 0 Å². The van der Waals surface area contributed by atoms with Crippen LogP contribution in [0.5, 0.6) is 5.75 Å². The Morgan fingerprint density at radius 1 is 1.03 bits per heavy atom. The van der Waals surface area contributed by atoms with Crippen LogP contribution in [0.15, 0.2) is 78.9 Å². The van der Waals surface area contributed by atoms with E-state index < -0.39 is 0 Å². The summed E-state index contributed by atoms with van der Waals surface area (Å²) in [6.07, 6.45) is 4.80. The first-order chi connectivity index (χ1) is 18.1. The van der Waals surface area contributed by atoms with Gasteiger partial charge in [-0.15, -0.1) is 0 Å². The molecule has 5 atom stereocenters. The van der Waals surface area contributed by atoms with E-state index in [2.05, 4.69) is 46.6 Å². The van der Waals surface area contributed by atoms with Gasteiger partial charge in [0.2, 0.25) is 0 Å². The molecule has 4 aliphatic rings. The SMILES string of the molecule is O=C(NC1CCC23OCC1C21CCN(CCc2ccccc2)C3Cc2ccc(O)cc21)c1ccccc1. The van der Waals surface area contributed by atoms with Crippen LogP contribution in [0, 0.1) is 5.92 Å². The summed E-state index contributed by atoms with van der Waals surface area (Å²) in [7, 11) is 0. The molecule has 2 N–H and O–H groups in total. The van der Waals surface area contributed by atoms with Crippen LogP contribution in [-0.2, 0) is 23.0 Å². The number of ether oxygens (including phenoxy) is 1. The van der Waals surface area contributed by atoms with E-state index >= 15 is 0 Å². The predicted molar refractivity (Wildman–Crippen MR) is 143 cm³/mol. The molecule has 1 saturated carbocycles. The maximum atomic E-state index is 13.2. The number of amides is 1. The van der Waals surface area contributed by atoms with Gasteiger partial charge in [-0.25, -0.2) is 0 Å². The number of likely N-dealkylation sites (tertiary alicyclic amines) is 1. The molecule has 0 spiro atoms. The highest BCUT2D eigenvalue weighted by molar-refractivity contribution is 5.94. The molecule has 2 aliphatic carbocycles. The lowest BCUT2D eigenvalue weighted by molar-refractivity contribution is -0.148. The number of piperidine rings is 1. The fourth-order valence-corrected chi connectivity index (χ4v) is 8.30. The third-order valence-electron chi connectivity index (χ3n) is 9.86. The van der Waals surface area contributed by atoms with E-state index in [1.54, 1.807) is 0 Å². The summed E-state index contributed by atoms with van der Waals surface area (Å²) in [5, 5.41) is 14.0. The van der Waals surface area contributed by atoms with E-state index in [-0.39, 0.29) is 28.9 Å². The van der Waals surface area contributed by atoms with Gasteiger partial charge in [0.1, 0.15) is 5.75 Å². The van der Waals surface area contributed by atoms with Gasteiger partial charge in [-0.05, 0) is 79.6 Å². The molecule has 3 aromatic rings. The highest BCUT2D eigenvalue weighted by atomic mass is 16.5. The third kappa shape index (κ3) is 3.40. The monoisotopic (exact) mass is 494 g/mol. The number of hydrogen-bond donors (Lipinski definition) is 2. The summed E-state index contributed by atoms with van der Waals surface area (Å²) in [5.41, 5.74) is 4.18. The van der Waals surface area contributed by atoms with Crippen LogP contribution in [0.2, 0.25) is 0 Å². The maximum absolute atomic E-state index is 13.2. The quantitative estimate of drug-likeness (QED) is 0.549. The lowest BCUT2D eigenvalue weighted by atomic mass is 9.46. The first-order valence-corrected chi connectivity index (χ1v) is 13.7. The topological polar surface area (TPSA) is 61.8 Å². The number of carbonyl (C=O) groups is 1. The smallest absolute Gasteiger partial charge is 0.251 e. The first kappa shape index (κ1) is 23.0. The lowest BCUT2D eigenvalue weighted by Gasteiger charge is -2.64. The van der Waals surface area contributed by atoms with Crippen molar-refractivity contribution in [3.05, 3.63) is 101 Å². The number of benzene rings is 3. The predicted octanol–water partition coefficient (Wildman–Crippen LogP) is 4.48. The van der Waals surface area contributed by atoms with E-state index in [9.17, 15) is 9.90 Å². The number of nitrogens with one attached hydrogen (secondary N) is 1. The fraction of sp³-hybridized carbons (Fsp3) is 0.406. The van der Waals surface area contributed by atoms with Gasteiger partial charge < -0.3 is 15.2 Å². The summed E-state index contributed by atoms with van der Waals surface area (Å²) >= 11 is 0. The summed E-state index contributed by atoms with van der Waals surface area (Å²) in [6.45, 7) is 2.67. The average molecular weight is 495 g/mol. The molecular weight excluding hydrogens is 460 g/mol. The molecule has 5 nitrogen and oxygen atoms in total. The van der Waals surface area contributed by atoms with Gasteiger partial charge in [0.15, 0.2) is 0 Å². The minimum atomic E-state index is -0.276. The molecule has 37 heavy (non-hydrogen) atoms. The Morgan fingerprint density at radius 2 is 1.81 bits per heavy atom. The Balaban J connectivity index is 1.24. The van der Waals surface area contributed by atoms with Crippen LogP contribution in [0.4, 0.5) is 0 Å². The largest absolute Gasteiger partial charge is 0.508 e. The van der Waals surface area contributed by atoms with Crippen molar-refractivity contribution in [2.75, 3.05) is 19.7 Å². The minimum Gasteiger partial charge on any atom is -0.508 e. The summed E-state index contributed by atoms with van der Waals surface area (Å²) in [6, 6.07) is 26.6. The molecule has 5 heteroatoms. The maximum Gasteiger partial charge on any atom is 0.251 e. The highest BCUT2D eigenvalue weighted by Gasteiger charge is 2.73. The highest BCUT2D eigenvalue weighted by Crippen LogP contribution is 2.65. The molecule has 3 aromatic carbocycles. The first-order valence-electron chi connectivity index (χ1n) is 13.7. The number of fused-ring (bicyclic) bond motifs is 1. The summed E-state index contributed by atoms with van der Waals surface area (Å²) in [4.78, 5) is 15.9. The fourth-order valence-electron chi connectivity index (χ4n) is 8.30.